The molecule has 0 bridgehead atoms. The van der Waals surface area contributed by atoms with Crippen LogP contribution in [0.1, 0.15) is 21.6 Å². The number of nitrogens with one attached hydrogen (secondary N) is 2. The summed E-state index contributed by atoms with van der Waals surface area (Å²) in [4.78, 5) is 11.9. The highest BCUT2D eigenvalue weighted by atomic mass is 35.5. The topological polar surface area (TPSA) is 125 Å². The number of carbonyl (C=O) groups excluding carboxylic acids is 1. The number of nitrogens with two attached hydrogens (primary N) is 1. The van der Waals surface area contributed by atoms with Gasteiger partial charge in [0.1, 0.15) is 6.61 Å². The predicted octanol–water partition coefficient (Wildman–Crippen LogP) is 2.83. The summed E-state index contributed by atoms with van der Waals surface area (Å²) >= 11 is 5.93. The molecule has 31 heavy (non-hydrogen) atoms. The third-order valence-electron chi connectivity index (χ3n) is 4.21. The van der Waals surface area contributed by atoms with Gasteiger partial charge in [0.25, 0.3) is 5.91 Å². The molecule has 0 saturated carbocycles. The number of hydrogen-bond acceptors (Lipinski definition) is 8. The Kier molecular flexibility index (Phi) is 9.39. The minimum absolute atomic E-state index is 0. The third kappa shape index (κ3) is 6.74. The normalized spacial score (nSPS) is 10.3. The van der Waals surface area contributed by atoms with E-state index >= 15 is 0 Å². The Morgan fingerprint density at radius 1 is 1.16 bits per heavy atom. The van der Waals surface area contributed by atoms with Crippen LogP contribution in [0.4, 0.5) is 5.82 Å². The highest BCUT2D eigenvalue weighted by Gasteiger charge is 2.15. The number of nitrogens with zero attached hydrogens (tertiary/aromatic N) is 2. The van der Waals surface area contributed by atoms with Crippen LogP contribution in [-0.2, 0) is 13.2 Å². The van der Waals surface area contributed by atoms with E-state index in [1.165, 1.54) is 0 Å². The highest BCUT2D eigenvalue weighted by Crippen LogP contribution is 2.31. The lowest BCUT2D eigenvalue weighted by molar-refractivity contribution is 0.0944. The number of hydrogen-bond donors (Lipinski definition) is 3. The molecule has 0 unspecified atom stereocenters. The molecule has 1 aromatic heterocycles. The minimum atomic E-state index is -0.441. The van der Waals surface area contributed by atoms with E-state index in [1.807, 2.05) is 42.5 Å². The molecule has 3 aromatic rings. The van der Waals surface area contributed by atoms with Crippen LogP contribution < -0.4 is 25.8 Å². The molecule has 9 nitrogen and oxygen atoms in total. The van der Waals surface area contributed by atoms with Crippen molar-refractivity contribution >= 4 is 35.7 Å². The Labute approximate surface area is 190 Å². The van der Waals surface area contributed by atoms with Crippen molar-refractivity contribution in [1.29, 1.82) is 0 Å². The number of para-hydroxylation sites is 1. The number of benzene rings is 2. The second-order valence-corrected chi connectivity index (χ2v) is 6.73. The van der Waals surface area contributed by atoms with Crippen LogP contribution in [0.25, 0.3) is 0 Å². The molecule has 1 heterocycles. The van der Waals surface area contributed by atoms with Crippen molar-refractivity contribution in [3.8, 4) is 11.5 Å². The zero-order valence-electron chi connectivity index (χ0n) is 16.8. The maximum Gasteiger partial charge on any atom is 0.277 e. The van der Waals surface area contributed by atoms with Gasteiger partial charge in [0.2, 0.25) is 11.5 Å². The second kappa shape index (κ2) is 12.0. The van der Waals surface area contributed by atoms with Gasteiger partial charge in [-0.05, 0) is 34.1 Å². The summed E-state index contributed by atoms with van der Waals surface area (Å²) in [6, 6.07) is 13.2. The Morgan fingerprint density at radius 3 is 2.61 bits per heavy atom. The number of nitrogen functional groups attached to an aromatic ring is 1. The molecule has 11 heteroatoms. The quantitative estimate of drug-likeness (QED) is 0.388. The van der Waals surface area contributed by atoms with E-state index in [-0.39, 0.29) is 23.9 Å². The lowest BCUT2D eigenvalue weighted by Crippen LogP contribution is -2.32. The van der Waals surface area contributed by atoms with Gasteiger partial charge in [-0.15, -0.1) is 12.4 Å². The fourth-order valence-corrected chi connectivity index (χ4v) is 2.81. The Balaban J connectivity index is 0.00000341. The van der Waals surface area contributed by atoms with Gasteiger partial charge in [0, 0.05) is 30.2 Å². The third-order valence-corrected chi connectivity index (χ3v) is 4.46. The number of aromatic nitrogens is 2. The van der Waals surface area contributed by atoms with Gasteiger partial charge in [-0.1, -0.05) is 35.9 Å². The molecule has 0 saturated heterocycles. The Hall–Kier alpha value is -3.01. The summed E-state index contributed by atoms with van der Waals surface area (Å²) in [5.41, 5.74) is 7.39. The molecule has 0 aliphatic carbocycles. The average Bonchev–Trinajstić information content (AvgIpc) is 3.19. The molecule has 0 radical (unpaired) electrons. The van der Waals surface area contributed by atoms with E-state index < -0.39 is 5.91 Å². The molecule has 3 rings (SSSR count). The summed E-state index contributed by atoms with van der Waals surface area (Å²) in [6.07, 6.45) is 0. The van der Waals surface area contributed by atoms with Crippen molar-refractivity contribution in [3.63, 3.8) is 0 Å². The number of halogens is 2. The van der Waals surface area contributed by atoms with E-state index in [0.717, 1.165) is 11.1 Å². The smallest absolute Gasteiger partial charge is 0.277 e. The molecular weight excluding hydrogens is 445 g/mol. The second-order valence-electron chi connectivity index (χ2n) is 6.29. The first-order valence-electron chi connectivity index (χ1n) is 9.18. The number of methoxy groups -OCH3 is 1. The first-order valence-corrected chi connectivity index (χ1v) is 9.56. The van der Waals surface area contributed by atoms with Crippen molar-refractivity contribution in [2.45, 2.75) is 13.2 Å². The van der Waals surface area contributed by atoms with Gasteiger partial charge < -0.3 is 25.8 Å². The Morgan fingerprint density at radius 2 is 1.94 bits per heavy atom. The van der Waals surface area contributed by atoms with Gasteiger partial charge in [0.05, 0.1) is 7.11 Å². The van der Waals surface area contributed by atoms with E-state index in [2.05, 4.69) is 25.6 Å². The molecule has 0 spiro atoms. The maximum absolute atomic E-state index is 11.9. The number of rotatable bonds is 10. The van der Waals surface area contributed by atoms with Crippen molar-refractivity contribution in [2.24, 2.45) is 0 Å². The first-order chi connectivity index (χ1) is 14.6. The van der Waals surface area contributed by atoms with Crippen molar-refractivity contribution < 1.29 is 18.9 Å². The maximum atomic E-state index is 11.9. The van der Waals surface area contributed by atoms with E-state index in [9.17, 15) is 4.79 Å². The molecular formula is C20H23Cl2N5O4. The van der Waals surface area contributed by atoms with Crippen molar-refractivity contribution in [3.05, 3.63) is 64.3 Å². The minimum Gasteiger partial charge on any atom is -0.493 e. The summed E-state index contributed by atoms with van der Waals surface area (Å²) < 4.78 is 15.9. The Bertz CT molecular complexity index is 982. The van der Waals surface area contributed by atoms with E-state index in [4.69, 9.17) is 26.8 Å². The monoisotopic (exact) mass is 467 g/mol. The number of ether oxygens (including phenoxy) is 2. The zero-order chi connectivity index (χ0) is 21.3. The first kappa shape index (κ1) is 24.3. The molecule has 166 valence electrons. The lowest BCUT2D eigenvalue weighted by Gasteiger charge is -2.16. The highest BCUT2D eigenvalue weighted by molar-refractivity contribution is 6.30. The van der Waals surface area contributed by atoms with Crippen molar-refractivity contribution in [1.82, 2.24) is 20.9 Å². The van der Waals surface area contributed by atoms with Crippen LogP contribution in [0, 0.1) is 0 Å². The van der Waals surface area contributed by atoms with Crippen LogP contribution in [-0.4, -0.2) is 36.4 Å². The van der Waals surface area contributed by atoms with Gasteiger partial charge in [-0.25, -0.2) is 4.63 Å². The molecule has 0 atom stereocenters. The molecule has 0 fully saturated rings. The standard InChI is InChI=1S/C20H22ClN5O4.ClH/c1-28-16-4-2-3-14(18(16)29-12-13-5-7-15(21)8-6-13)11-23-9-10-24-20(27)17-19(22)26-30-25-17;/h2-8,23H,9-12H2,1H3,(H2,22,26)(H,24,27);1H. The van der Waals surface area contributed by atoms with Crippen molar-refractivity contribution in [2.75, 3.05) is 25.9 Å². The summed E-state index contributed by atoms with van der Waals surface area (Å²) in [7, 11) is 1.60. The molecule has 0 aliphatic rings. The zero-order valence-corrected chi connectivity index (χ0v) is 18.3. The fourth-order valence-electron chi connectivity index (χ4n) is 2.69. The summed E-state index contributed by atoms with van der Waals surface area (Å²) in [6.45, 7) is 1.80. The van der Waals surface area contributed by atoms with Crippen LogP contribution in [0.2, 0.25) is 5.02 Å². The van der Waals surface area contributed by atoms with E-state index in [1.54, 1.807) is 7.11 Å². The molecule has 4 N–H and O–H groups in total. The molecule has 1 amide bonds. The van der Waals surface area contributed by atoms with Gasteiger partial charge in [-0.2, -0.15) is 0 Å². The lowest BCUT2D eigenvalue weighted by atomic mass is 10.1. The molecule has 2 aromatic carbocycles. The fraction of sp³-hybridized carbons (Fsp3) is 0.250. The van der Waals surface area contributed by atoms with E-state index in [0.29, 0.717) is 42.8 Å². The van der Waals surface area contributed by atoms with Gasteiger partial charge in [-0.3, -0.25) is 4.79 Å². The van der Waals surface area contributed by atoms with Gasteiger partial charge >= 0.3 is 0 Å². The molecule has 0 aliphatic heterocycles. The van der Waals surface area contributed by atoms with Crippen LogP contribution in [0.5, 0.6) is 11.5 Å². The SMILES string of the molecule is COc1cccc(CNCCNC(=O)c2nonc2N)c1OCc1ccc(Cl)cc1.Cl. The number of carbonyl (C=O) groups is 1. The largest absolute Gasteiger partial charge is 0.493 e. The summed E-state index contributed by atoms with van der Waals surface area (Å²) in [5, 5.41) is 13.5. The van der Waals surface area contributed by atoms with Crippen LogP contribution in [0.3, 0.4) is 0 Å². The number of anilines is 1. The van der Waals surface area contributed by atoms with Crippen LogP contribution >= 0.6 is 24.0 Å². The predicted molar refractivity (Wildman–Crippen MR) is 119 cm³/mol. The van der Waals surface area contributed by atoms with Crippen LogP contribution in [0.15, 0.2) is 47.1 Å². The summed E-state index contributed by atoms with van der Waals surface area (Å²) in [5.74, 6) is 0.821. The van der Waals surface area contributed by atoms with Gasteiger partial charge in [0.15, 0.2) is 11.5 Å². The number of amides is 1. The average molecular weight is 468 g/mol.